The fraction of sp³-hybridized carbons (Fsp3) is 0.667. The highest BCUT2D eigenvalue weighted by molar-refractivity contribution is 5.32. The number of fused-ring (bicyclic) bond motifs is 1. The maximum Gasteiger partial charge on any atom is 0.0244 e. The smallest absolute Gasteiger partial charge is 0.0244 e. The normalized spacial score (nSPS) is 28.9. The van der Waals surface area contributed by atoms with Gasteiger partial charge >= 0.3 is 0 Å². The first-order valence-electron chi connectivity index (χ1n) is 8.33. The molecule has 1 aliphatic carbocycles. The van der Waals surface area contributed by atoms with Crippen LogP contribution < -0.4 is 5.73 Å². The molecule has 0 saturated carbocycles. The number of rotatable bonds is 3. The van der Waals surface area contributed by atoms with Crippen LogP contribution in [0.25, 0.3) is 0 Å². The molecule has 3 atom stereocenters. The molecule has 110 valence electrons. The molecule has 1 aromatic rings. The first-order valence-corrected chi connectivity index (χ1v) is 8.33. The molecule has 3 unspecified atom stereocenters. The lowest BCUT2D eigenvalue weighted by atomic mass is 9.82. The molecule has 2 nitrogen and oxygen atoms in total. The van der Waals surface area contributed by atoms with Gasteiger partial charge in [-0.25, -0.2) is 0 Å². The number of likely N-dealkylation sites (tertiary alicyclic amines) is 1. The van der Waals surface area contributed by atoms with Crippen molar-refractivity contribution >= 4 is 0 Å². The molecule has 1 heterocycles. The second-order valence-corrected chi connectivity index (χ2v) is 6.71. The summed E-state index contributed by atoms with van der Waals surface area (Å²) in [6, 6.07) is 9.96. The first kappa shape index (κ1) is 14.1. The van der Waals surface area contributed by atoms with E-state index in [0.29, 0.717) is 12.1 Å². The molecular weight excluding hydrogens is 244 g/mol. The highest BCUT2D eigenvalue weighted by atomic mass is 15.2. The lowest BCUT2D eigenvalue weighted by Gasteiger charge is -2.41. The maximum atomic E-state index is 6.22. The summed E-state index contributed by atoms with van der Waals surface area (Å²) in [7, 11) is 0. The topological polar surface area (TPSA) is 29.3 Å². The summed E-state index contributed by atoms with van der Waals surface area (Å²) in [5.41, 5.74) is 9.40. The second kappa shape index (κ2) is 6.28. The van der Waals surface area contributed by atoms with Gasteiger partial charge in [0, 0.05) is 18.6 Å². The third-order valence-electron chi connectivity index (χ3n) is 5.22. The van der Waals surface area contributed by atoms with E-state index in [2.05, 4.69) is 36.1 Å². The minimum absolute atomic E-state index is 0.300. The van der Waals surface area contributed by atoms with Crippen LogP contribution in [-0.4, -0.2) is 30.1 Å². The van der Waals surface area contributed by atoms with E-state index in [1.165, 1.54) is 51.6 Å². The lowest BCUT2D eigenvalue weighted by Crippen LogP contribution is -2.50. The van der Waals surface area contributed by atoms with Crippen LogP contribution in [0, 0.1) is 0 Å². The minimum atomic E-state index is 0.300. The van der Waals surface area contributed by atoms with Crippen molar-refractivity contribution in [3.8, 4) is 0 Å². The van der Waals surface area contributed by atoms with Crippen molar-refractivity contribution in [2.75, 3.05) is 13.1 Å². The molecule has 1 aliphatic heterocycles. The van der Waals surface area contributed by atoms with Gasteiger partial charge in [0.05, 0.1) is 0 Å². The van der Waals surface area contributed by atoms with Gasteiger partial charge in [-0.15, -0.1) is 0 Å². The van der Waals surface area contributed by atoms with Crippen LogP contribution >= 0.6 is 0 Å². The molecule has 1 saturated heterocycles. The zero-order chi connectivity index (χ0) is 13.9. The zero-order valence-electron chi connectivity index (χ0n) is 12.7. The van der Waals surface area contributed by atoms with Crippen LogP contribution in [0.4, 0.5) is 0 Å². The molecule has 1 fully saturated rings. The molecule has 2 N–H and O–H groups in total. The van der Waals surface area contributed by atoms with Gasteiger partial charge in [-0.1, -0.05) is 30.7 Å². The summed E-state index contributed by atoms with van der Waals surface area (Å²) >= 11 is 0. The zero-order valence-corrected chi connectivity index (χ0v) is 12.7. The fourth-order valence-electron chi connectivity index (χ4n) is 4.17. The average molecular weight is 272 g/mol. The Kier molecular flexibility index (Phi) is 4.42. The Hall–Kier alpha value is -0.860. The summed E-state index contributed by atoms with van der Waals surface area (Å²) < 4.78 is 0. The van der Waals surface area contributed by atoms with Crippen molar-refractivity contribution in [2.24, 2.45) is 5.73 Å². The number of hydrogen-bond acceptors (Lipinski definition) is 2. The molecule has 0 aromatic heterocycles. The molecule has 3 rings (SSSR count). The van der Waals surface area contributed by atoms with Gasteiger partial charge in [0.25, 0.3) is 0 Å². The largest absolute Gasteiger partial charge is 0.327 e. The van der Waals surface area contributed by atoms with Gasteiger partial charge in [0.2, 0.25) is 0 Å². The van der Waals surface area contributed by atoms with Gasteiger partial charge in [-0.3, -0.25) is 4.90 Å². The number of piperidine rings is 1. The molecule has 0 radical (unpaired) electrons. The third kappa shape index (κ3) is 2.91. The van der Waals surface area contributed by atoms with Gasteiger partial charge in [0.1, 0.15) is 0 Å². The molecule has 0 spiro atoms. The molecule has 2 heteroatoms. The number of nitrogens with two attached hydrogens (primary N) is 1. The van der Waals surface area contributed by atoms with E-state index in [0.717, 1.165) is 5.92 Å². The fourth-order valence-corrected chi connectivity index (χ4v) is 4.17. The van der Waals surface area contributed by atoms with Gasteiger partial charge in [-0.2, -0.15) is 0 Å². The molecule has 0 amide bonds. The van der Waals surface area contributed by atoms with Crippen molar-refractivity contribution in [2.45, 2.75) is 63.5 Å². The van der Waals surface area contributed by atoms with E-state index < -0.39 is 0 Å². The van der Waals surface area contributed by atoms with Crippen LogP contribution in [0.15, 0.2) is 24.3 Å². The molecule has 0 bridgehead atoms. The van der Waals surface area contributed by atoms with E-state index in [1.807, 2.05) is 0 Å². The quantitative estimate of drug-likeness (QED) is 0.914. The summed E-state index contributed by atoms with van der Waals surface area (Å²) in [4.78, 5) is 2.68. The Labute approximate surface area is 123 Å². The van der Waals surface area contributed by atoms with Crippen LogP contribution in [0.5, 0.6) is 0 Å². The predicted molar refractivity (Wildman–Crippen MR) is 85.0 cm³/mol. The van der Waals surface area contributed by atoms with Gasteiger partial charge in [0.15, 0.2) is 0 Å². The highest BCUT2D eigenvalue weighted by Gasteiger charge is 2.29. The monoisotopic (exact) mass is 272 g/mol. The first-order chi connectivity index (χ1) is 9.75. The number of nitrogens with zero attached hydrogens (tertiary/aromatic N) is 1. The minimum Gasteiger partial charge on any atom is -0.327 e. The van der Waals surface area contributed by atoms with E-state index in [-0.39, 0.29) is 0 Å². The second-order valence-electron chi connectivity index (χ2n) is 6.71. The maximum absolute atomic E-state index is 6.22. The Bertz CT molecular complexity index is 441. The van der Waals surface area contributed by atoms with E-state index >= 15 is 0 Å². The number of benzene rings is 1. The van der Waals surface area contributed by atoms with Crippen LogP contribution in [0.1, 0.15) is 56.1 Å². The lowest BCUT2D eigenvalue weighted by molar-refractivity contribution is 0.119. The summed E-state index contributed by atoms with van der Waals surface area (Å²) in [5, 5.41) is 0. The molecule has 1 aromatic carbocycles. The van der Waals surface area contributed by atoms with E-state index in [9.17, 15) is 0 Å². The summed E-state index contributed by atoms with van der Waals surface area (Å²) in [6.07, 6.45) is 7.94. The van der Waals surface area contributed by atoms with Crippen molar-refractivity contribution in [1.82, 2.24) is 4.90 Å². The molecular formula is C18H28N2. The predicted octanol–water partition coefficient (Wildman–Crippen LogP) is 3.31. The number of hydrogen-bond donors (Lipinski definition) is 1. The third-order valence-corrected chi connectivity index (χ3v) is 5.22. The Morgan fingerprint density at radius 2 is 2.05 bits per heavy atom. The Morgan fingerprint density at radius 1 is 1.20 bits per heavy atom. The van der Waals surface area contributed by atoms with Crippen molar-refractivity contribution in [3.63, 3.8) is 0 Å². The molecule has 20 heavy (non-hydrogen) atoms. The summed E-state index contributed by atoms with van der Waals surface area (Å²) in [5.74, 6) is 0.722. The van der Waals surface area contributed by atoms with Crippen molar-refractivity contribution < 1.29 is 0 Å². The Balaban J connectivity index is 1.74. The van der Waals surface area contributed by atoms with E-state index in [4.69, 9.17) is 5.73 Å². The van der Waals surface area contributed by atoms with Crippen molar-refractivity contribution in [1.29, 1.82) is 0 Å². The average Bonchev–Trinajstić information content (AvgIpc) is 2.48. The summed E-state index contributed by atoms with van der Waals surface area (Å²) in [6.45, 7) is 4.63. The Morgan fingerprint density at radius 3 is 2.90 bits per heavy atom. The van der Waals surface area contributed by atoms with Crippen molar-refractivity contribution in [3.05, 3.63) is 35.4 Å². The SMILES string of the molecule is CC(N)C1CCCCN1CC1CCCc2ccccc21. The van der Waals surface area contributed by atoms with Crippen LogP contribution in [0.3, 0.4) is 0 Å². The van der Waals surface area contributed by atoms with Gasteiger partial charge < -0.3 is 5.73 Å². The molecule has 2 aliphatic rings. The number of aryl methyl sites for hydroxylation is 1. The standard InChI is InChI=1S/C18H28N2/c1-14(19)18-11-4-5-12-20(18)13-16-9-6-8-15-7-2-3-10-17(15)16/h2-3,7,10,14,16,18H,4-6,8-9,11-13,19H2,1H3. The van der Waals surface area contributed by atoms with Crippen LogP contribution in [-0.2, 0) is 6.42 Å². The van der Waals surface area contributed by atoms with Crippen LogP contribution in [0.2, 0.25) is 0 Å². The van der Waals surface area contributed by atoms with Gasteiger partial charge in [-0.05, 0) is 62.6 Å². The highest BCUT2D eigenvalue weighted by Crippen LogP contribution is 2.33. The van der Waals surface area contributed by atoms with E-state index in [1.54, 1.807) is 11.1 Å².